The van der Waals surface area contributed by atoms with Gasteiger partial charge < -0.3 is 15.6 Å². The van der Waals surface area contributed by atoms with E-state index in [1.807, 2.05) is 22.9 Å². The van der Waals surface area contributed by atoms with Crippen molar-refractivity contribution in [2.24, 2.45) is 11.7 Å². The maximum Gasteiger partial charge on any atom is 0.268 e. The van der Waals surface area contributed by atoms with E-state index in [9.17, 15) is 4.79 Å². The average Bonchev–Trinajstić information content (AvgIpc) is 2.73. The van der Waals surface area contributed by atoms with Gasteiger partial charge in [-0.05, 0) is 31.9 Å². The van der Waals surface area contributed by atoms with Gasteiger partial charge in [0.2, 0.25) is 0 Å². The summed E-state index contributed by atoms with van der Waals surface area (Å²) in [5.41, 5.74) is 6.35. The molecule has 17 heavy (non-hydrogen) atoms. The first-order valence-electron chi connectivity index (χ1n) is 6.15. The number of carbonyl (C=O) groups is 1. The molecular formula is C13H23N3O. The molecule has 1 aromatic heterocycles. The van der Waals surface area contributed by atoms with E-state index in [0.717, 1.165) is 0 Å². The van der Waals surface area contributed by atoms with E-state index in [2.05, 4.69) is 33.0 Å². The molecule has 0 bridgehead atoms. The summed E-state index contributed by atoms with van der Waals surface area (Å²) in [4.78, 5) is 12.1. The van der Waals surface area contributed by atoms with Crippen molar-refractivity contribution in [1.29, 1.82) is 0 Å². The topological polar surface area (TPSA) is 60.0 Å². The molecule has 0 aliphatic rings. The molecule has 3 N–H and O–H groups in total. The number of amides is 1. The molecule has 0 fully saturated rings. The van der Waals surface area contributed by atoms with Crippen LogP contribution in [0.5, 0.6) is 0 Å². The Morgan fingerprint density at radius 3 is 2.53 bits per heavy atom. The number of nitrogens with one attached hydrogen (secondary N) is 1. The van der Waals surface area contributed by atoms with Crippen LogP contribution in [0.3, 0.4) is 0 Å². The average molecular weight is 237 g/mol. The molecule has 4 heteroatoms. The Balaban J connectivity index is 2.79. The van der Waals surface area contributed by atoms with Gasteiger partial charge in [-0.2, -0.15) is 0 Å². The van der Waals surface area contributed by atoms with Crippen molar-refractivity contribution < 1.29 is 4.79 Å². The van der Waals surface area contributed by atoms with Crippen molar-refractivity contribution in [2.75, 3.05) is 6.54 Å². The number of nitrogens with zero attached hydrogens (tertiary/aromatic N) is 1. The lowest BCUT2D eigenvalue weighted by Gasteiger charge is -2.21. The van der Waals surface area contributed by atoms with E-state index in [0.29, 0.717) is 18.2 Å². The van der Waals surface area contributed by atoms with Crippen LogP contribution in [-0.2, 0) is 0 Å². The van der Waals surface area contributed by atoms with Crippen LogP contribution in [0, 0.1) is 5.92 Å². The van der Waals surface area contributed by atoms with Crippen molar-refractivity contribution in [3.63, 3.8) is 0 Å². The maximum atomic E-state index is 12.1. The molecule has 1 atom stereocenters. The van der Waals surface area contributed by atoms with Gasteiger partial charge in [-0.1, -0.05) is 13.8 Å². The number of aromatic nitrogens is 1. The van der Waals surface area contributed by atoms with Gasteiger partial charge in [-0.25, -0.2) is 0 Å². The first kappa shape index (κ1) is 13.8. The van der Waals surface area contributed by atoms with E-state index < -0.39 is 0 Å². The molecule has 0 radical (unpaired) electrons. The number of hydrogen-bond donors (Lipinski definition) is 2. The highest BCUT2D eigenvalue weighted by Gasteiger charge is 2.18. The second-order valence-electron chi connectivity index (χ2n) is 4.95. The predicted octanol–water partition coefficient (Wildman–Crippen LogP) is 1.78. The van der Waals surface area contributed by atoms with Crippen LogP contribution in [-0.4, -0.2) is 23.1 Å². The molecule has 1 aromatic rings. The summed E-state index contributed by atoms with van der Waals surface area (Å²) in [6, 6.07) is 4.03. The van der Waals surface area contributed by atoms with E-state index in [1.165, 1.54) is 0 Å². The monoisotopic (exact) mass is 237 g/mol. The zero-order valence-corrected chi connectivity index (χ0v) is 11.1. The number of carbonyl (C=O) groups excluding carboxylic acids is 1. The van der Waals surface area contributed by atoms with Crippen molar-refractivity contribution in [2.45, 2.75) is 39.8 Å². The summed E-state index contributed by atoms with van der Waals surface area (Å²) < 4.78 is 1.96. The smallest absolute Gasteiger partial charge is 0.268 e. The highest BCUT2D eigenvalue weighted by molar-refractivity contribution is 5.93. The van der Waals surface area contributed by atoms with Crippen LogP contribution >= 0.6 is 0 Å². The van der Waals surface area contributed by atoms with Crippen LogP contribution < -0.4 is 11.1 Å². The highest BCUT2D eigenvalue weighted by atomic mass is 16.2. The van der Waals surface area contributed by atoms with Gasteiger partial charge in [-0.15, -0.1) is 0 Å². The molecule has 96 valence electrons. The Hall–Kier alpha value is -1.29. The predicted molar refractivity (Wildman–Crippen MR) is 70.0 cm³/mol. The Bertz CT molecular complexity index is 368. The molecule has 0 aromatic carbocycles. The Labute approximate surface area is 103 Å². The fourth-order valence-corrected chi connectivity index (χ4v) is 1.78. The van der Waals surface area contributed by atoms with Gasteiger partial charge in [0.1, 0.15) is 5.69 Å². The van der Waals surface area contributed by atoms with E-state index >= 15 is 0 Å². The lowest BCUT2D eigenvalue weighted by atomic mass is 10.0. The fourth-order valence-electron chi connectivity index (χ4n) is 1.78. The SMILES string of the molecule is CC(C)C(CN)NC(=O)c1cccn1C(C)C. The van der Waals surface area contributed by atoms with E-state index in [-0.39, 0.29) is 18.0 Å². The summed E-state index contributed by atoms with van der Waals surface area (Å²) in [7, 11) is 0. The minimum absolute atomic E-state index is 0.0259. The molecular weight excluding hydrogens is 214 g/mol. The van der Waals surface area contributed by atoms with Crippen molar-refractivity contribution >= 4 is 5.91 Å². The normalized spacial score (nSPS) is 13.1. The molecule has 0 aliphatic heterocycles. The van der Waals surface area contributed by atoms with Gasteiger partial charge in [0.15, 0.2) is 0 Å². The quantitative estimate of drug-likeness (QED) is 0.820. The van der Waals surface area contributed by atoms with Crippen molar-refractivity contribution in [1.82, 2.24) is 9.88 Å². The van der Waals surface area contributed by atoms with E-state index in [4.69, 9.17) is 5.73 Å². The lowest BCUT2D eigenvalue weighted by Crippen LogP contribution is -2.44. The molecule has 0 saturated carbocycles. The number of rotatable bonds is 5. The van der Waals surface area contributed by atoms with E-state index in [1.54, 1.807) is 0 Å². The number of hydrogen-bond acceptors (Lipinski definition) is 2. The molecule has 4 nitrogen and oxygen atoms in total. The lowest BCUT2D eigenvalue weighted by molar-refractivity contribution is 0.0917. The van der Waals surface area contributed by atoms with Crippen molar-refractivity contribution in [3.8, 4) is 0 Å². The summed E-state index contributed by atoms with van der Waals surface area (Å²) in [6.45, 7) is 8.68. The summed E-state index contributed by atoms with van der Waals surface area (Å²) >= 11 is 0. The first-order valence-corrected chi connectivity index (χ1v) is 6.15. The summed E-state index contributed by atoms with van der Waals surface area (Å²) in [5.74, 6) is 0.291. The van der Waals surface area contributed by atoms with Gasteiger partial charge >= 0.3 is 0 Å². The third-order valence-corrected chi connectivity index (χ3v) is 2.94. The third kappa shape index (κ3) is 3.33. The van der Waals surface area contributed by atoms with Crippen LogP contribution in [0.15, 0.2) is 18.3 Å². The third-order valence-electron chi connectivity index (χ3n) is 2.94. The van der Waals surface area contributed by atoms with Crippen LogP contribution in [0.25, 0.3) is 0 Å². The molecule has 1 rings (SSSR count). The summed E-state index contributed by atoms with van der Waals surface area (Å²) in [6.07, 6.45) is 1.92. The maximum absolute atomic E-state index is 12.1. The zero-order chi connectivity index (χ0) is 13.0. The zero-order valence-electron chi connectivity index (χ0n) is 11.1. The Kier molecular flexibility index (Phi) is 4.75. The molecule has 0 spiro atoms. The Morgan fingerprint density at radius 2 is 2.06 bits per heavy atom. The second kappa shape index (κ2) is 5.87. The Morgan fingerprint density at radius 1 is 1.41 bits per heavy atom. The highest BCUT2D eigenvalue weighted by Crippen LogP contribution is 2.11. The van der Waals surface area contributed by atoms with Crippen LogP contribution in [0.2, 0.25) is 0 Å². The van der Waals surface area contributed by atoms with Gasteiger partial charge in [0, 0.05) is 24.8 Å². The van der Waals surface area contributed by atoms with Gasteiger partial charge in [-0.3, -0.25) is 4.79 Å². The molecule has 1 amide bonds. The van der Waals surface area contributed by atoms with Crippen LogP contribution in [0.1, 0.15) is 44.2 Å². The first-order chi connectivity index (χ1) is 7.97. The van der Waals surface area contributed by atoms with Gasteiger partial charge in [0.25, 0.3) is 5.91 Å². The molecule has 1 heterocycles. The molecule has 0 aliphatic carbocycles. The minimum Gasteiger partial charge on any atom is -0.347 e. The number of nitrogens with two attached hydrogens (primary N) is 1. The molecule has 0 saturated heterocycles. The fraction of sp³-hybridized carbons (Fsp3) is 0.615. The summed E-state index contributed by atoms with van der Waals surface area (Å²) in [5, 5.41) is 2.98. The largest absolute Gasteiger partial charge is 0.347 e. The van der Waals surface area contributed by atoms with Crippen molar-refractivity contribution in [3.05, 3.63) is 24.0 Å². The second-order valence-corrected chi connectivity index (χ2v) is 4.95. The minimum atomic E-state index is -0.0483. The standard InChI is InChI=1S/C13H23N3O/c1-9(2)11(8-14)15-13(17)12-6-5-7-16(12)10(3)4/h5-7,9-11H,8,14H2,1-4H3,(H,15,17). The molecule has 1 unspecified atom stereocenters. The van der Waals surface area contributed by atoms with Crippen LogP contribution in [0.4, 0.5) is 0 Å². The van der Waals surface area contributed by atoms with Gasteiger partial charge in [0.05, 0.1) is 0 Å².